The van der Waals surface area contributed by atoms with Crippen molar-refractivity contribution in [1.82, 2.24) is 9.88 Å². The van der Waals surface area contributed by atoms with Crippen LogP contribution in [0.3, 0.4) is 0 Å². The Kier molecular flexibility index (Phi) is 2.72. The van der Waals surface area contributed by atoms with Crippen molar-refractivity contribution < 1.29 is 0 Å². The van der Waals surface area contributed by atoms with Gasteiger partial charge >= 0.3 is 0 Å². The van der Waals surface area contributed by atoms with Gasteiger partial charge in [0.25, 0.3) is 0 Å². The van der Waals surface area contributed by atoms with Crippen LogP contribution in [-0.2, 0) is 6.42 Å². The van der Waals surface area contributed by atoms with E-state index in [1.54, 1.807) is 0 Å². The molecule has 1 saturated heterocycles. The minimum atomic E-state index is 0.270. The average Bonchev–Trinajstić information content (AvgIpc) is 2.85. The maximum absolute atomic E-state index is 6.30. The topological polar surface area (TPSA) is 45.0 Å². The highest BCUT2D eigenvalue weighted by Gasteiger charge is 2.39. The van der Waals surface area contributed by atoms with Gasteiger partial charge in [-0.2, -0.15) is 0 Å². The third-order valence-corrected chi connectivity index (χ3v) is 4.97. The number of benzene rings is 1. The summed E-state index contributed by atoms with van der Waals surface area (Å²) in [6.07, 6.45) is 6.41. The molecule has 1 fully saturated rings. The minimum Gasteiger partial charge on any atom is -0.361 e. The molecule has 2 heterocycles. The third kappa shape index (κ3) is 1.67. The maximum atomic E-state index is 6.30. The fourth-order valence-corrected chi connectivity index (χ4v) is 4.21. The van der Waals surface area contributed by atoms with Crippen molar-refractivity contribution in [3.05, 3.63) is 48.2 Å². The van der Waals surface area contributed by atoms with E-state index in [0.717, 1.165) is 25.9 Å². The second-order valence-corrected chi connectivity index (χ2v) is 6.20. The number of nitrogens with zero attached hydrogens (tertiary/aromatic N) is 1. The molecule has 104 valence electrons. The summed E-state index contributed by atoms with van der Waals surface area (Å²) in [5, 5.41) is 1.45. The number of nitrogens with two attached hydrogens (primary N) is 1. The summed E-state index contributed by atoms with van der Waals surface area (Å²) in [6.45, 7) is 5.83. The van der Waals surface area contributed by atoms with E-state index in [1.165, 1.54) is 22.0 Å². The second-order valence-electron chi connectivity index (χ2n) is 6.20. The highest BCUT2D eigenvalue weighted by Crippen LogP contribution is 2.42. The van der Waals surface area contributed by atoms with Crippen molar-refractivity contribution >= 4 is 10.9 Å². The van der Waals surface area contributed by atoms with Crippen molar-refractivity contribution in [3.8, 4) is 0 Å². The average molecular weight is 267 g/mol. The Morgan fingerprint density at radius 1 is 1.45 bits per heavy atom. The minimum absolute atomic E-state index is 0.270. The van der Waals surface area contributed by atoms with Crippen molar-refractivity contribution in [2.75, 3.05) is 13.1 Å². The molecule has 2 aliphatic rings. The van der Waals surface area contributed by atoms with Gasteiger partial charge in [0.2, 0.25) is 0 Å². The number of likely N-dealkylation sites (tertiary alicyclic amines) is 1. The summed E-state index contributed by atoms with van der Waals surface area (Å²) in [6, 6.07) is 7.47. The quantitative estimate of drug-likeness (QED) is 0.821. The van der Waals surface area contributed by atoms with Gasteiger partial charge in [0.15, 0.2) is 0 Å². The first-order chi connectivity index (χ1) is 9.78. The summed E-state index contributed by atoms with van der Waals surface area (Å²) in [5.74, 6) is 0.561. The second kappa shape index (κ2) is 4.47. The molecule has 0 radical (unpaired) electrons. The zero-order chi connectivity index (χ0) is 13.7. The van der Waals surface area contributed by atoms with Gasteiger partial charge in [-0.25, -0.2) is 0 Å². The van der Waals surface area contributed by atoms with Gasteiger partial charge in [0, 0.05) is 48.2 Å². The Labute approximate surface area is 119 Å². The number of hydrogen-bond donors (Lipinski definition) is 2. The van der Waals surface area contributed by atoms with E-state index in [2.05, 4.69) is 40.9 Å². The van der Waals surface area contributed by atoms with Gasteiger partial charge < -0.3 is 10.7 Å². The fraction of sp³-hybridized carbons (Fsp3) is 0.412. The lowest BCUT2D eigenvalue weighted by atomic mass is 9.74. The molecule has 3 heteroatoms. The van der Waals surface area contributed by atoms with Crippen molar-refractivity contribution in [3.63, 3.8) is 0 Å². The summed E-state index contributed by atoms with van der Waals surface area (Å²) in [7, 11) is 0. The van der Waals surface area contributed by atoms with E-state index in [-0.39, 0.29) is 6.04 Å². The standard InChI is InChI=1S/C17H21N3/c1-2-6-20-10-12(18)8-14-13-4-3-5-15-17(13)11(9-19-15)7-16(14)20/h2-5,9,12,14,16,19H,1,6-8,10,18H2/t12?,14-,16-/m1/s1. The van der Waals surface area contributed by atoms with Crippen LogP contribution in [0.1, 0.15) is 23.5 Å². The number of fused-ring (bicyclic) bond motifs is 2. The van der Waals surface area contributed by atoms with Gasteiger partial charge in [0.05, 0.1) is 0 Å². The number of rotatable bonds is 2. The van der Waals surface area contributed by atoms with Gasteiger partial charge in [0.1, 0.15) is 0 Å². The number of H-pyrrole nitrogens is 1. The van der Waals surface area contributed by atoms with E-state index < -0.39 is 0 Å². The first-order valence-electron chi connectivity index (χ1n) is 7.47. The molecule has 0 saturated carbocycles. The van der Waals surface area contributed by atoms with Crippen LogP contribution >= 0.6 is 0 Å². The van der Waals surface area contributed by atoms with Gasteiger partial charge in [-0.05, 0) is 30.0 Å². The van der Waals surface area contributed by atoms with Crippen molar-refractivity contribution in [1.29, 1.82) is 0 Å². The zero-order valence-corrected chi connectivity index (χ0v) is 11.7. The molecule has 2 aromatic rings. The Bertz CT molecular complexity index is 657. The lowest BCUT2D eigenvalue weighted by Crippen LogP contribution is -2.54. The predicted molar refractivity (Wildman–Crippen MR) is 82.9 cm³/mol. The summed E-state index contributed by atoms with van der Waals surface area (Å²) in [4.78, 5) is 5.93. The SMILES string of the molecule is C=CCN1CC(N)C[C@@H]2c3cccc4[nH]cc(c34)C[C@H]21. The Balaban J connectivity index is 1.84. The number of aromatic nitrogens is 1. The highest BCUT2D eigenvalue weighted by atomic mass is 15.2. The molecule has 3 N–H and O–H groups in total. The van der Waals surface area contributed by atoms with Crippen LogP contribution < -0.4 is 5.73 Å². The van der Waals surface area contributed by atoms with E-state index in [9.17, 15) is 0 Å². The molecule has 0 amide bonds. The maximum Gasteiger partial charge on any atom is 0.0459 e. The molecule has 1 aromatic carbocycles. The molecular formula is C17H21N3. The lowest BCUT2D eigenvalue weighted by molar-refractivity contribution is 0.124. The van der Waals surface area contributed by atoms with Crippen LogP contribution in [0, 0.1) is 0 Å². The predicted octanol–water partition coefficient (Wildman–Crippen LogP) is 2.40. The lowest BCUT2D eigenvalue weighted by Gasteiger charge is -2.46. The van der Waals surface area contributed by atoms with E-state index >= 15 is 0 Å². The van der Waals surface area contributed by atoms with Crippen LogP contribution in [0.2, 0.25) is 0 Å². The molecule has 3 nitrogen and oxygen atoms in total. The number of nitrogens with one attached hydrogen (secondary N) is 1. The zero-order valence-electron chi connectivity index (χ0n) is 11.7. The fourth-order valence-electron chi connectivity index (χ4n) is 4.21. The van der Waals surface area contributed by atoms with Crippen LogP contribution in [0.15, 0.2) is 37.1 Å². The molecular weight excluding hydrogens is 246 g/mol. The summed E-state index contributed by atoms with van der Waals surface area (Å²) < 4.78 is 0. The van der Waals surface area contributed by atoms with E-state index in [4.69, 9.17) is 5.73 Å². The van der Waals surface area contributed by atoms with E-state index in [1.807, 2.05) is 6.08 Å². The molecule has 3 atom stereocenters. The normalized spacial score (nSPS) is 29.4. The van der Waals surface area contributed by atoms with Gasteiger partial charge in [-0.3, -0.25) is 4.90 Å². The van der Waals surface area contributed by atoms with Crippen LogP contribution in [-0.4, -0.2) is 35.1 Å². The van der Waals surface area contributed by atoms with Gasteiger partial charge in [-0.1, -0.05) is 18.2 Å². The molecule has 1 aromatic heterocycles. The Morgan fingerprint density at radius 2 is 2.35 bits per heavy atom. The summed E-state index contributed by atoms with van der Waals surface area (Å²) >= 11 is 0. The van der Waals surface area contributed by atoms with Crippen LogP contribution in [0.25, 0.3) is 10.9 Å². The molecule has 1 aliphatic carbocycles. The highest BCUT2D eigenvalue weighted by molar-refractivity contribution is 5.88. The monoisotopic (exact) mass is 267 g/mol. The molecule has 0 spiro atoms. The first-order valence-corrected chi connectivity index (χ1v) is 7.47. The Hall–Kier alpha value is -1.58. The van der Waals surface area contributed by atoms with E-state index in [0.29, 0.717) is 12.0 Å². The molecule has 20 heavy (non-hydrogen) atoms. The third-order valence-electron chi connectivity index (χ3n) is 4.97. The molecule has 0 bridgehead atoms. The van der Waals surface area contributed by atoms with Gasteiger partial charge in [-0.15, -0.1) is 6.58 Å². The van der Waals surface area contributed by atoms with Crippen molar-refractivity contribution in [2.45, 2.75) is 30.8 Å². The Morgan fingerprint density at radius 3 is 3.20 bits per heavy atom. The number of piperidine rings is 1. The molecule has 1 unspecified atom stereocenters. The molecule has 1 aliphatic heterocycles. The number of hydrogen-bond acceptors (Lipinski definition) is 2. The largest absolute Gasteiger partial charge is 0.361 e. The first kappa shape index (κ1) is 12.2. The molecule has 4 rings (SSSR count). The number of aromatic amines is 1. The van der Waals surface area contributed by atoms with Crippen LogP contribution in [0.4, 0.5) is 0 Å². The smallest absolute Gasteiger partial charge is 0.0459 e. The van der Waals surface area contributed by atoms with Crippen LogP contribution in [0.5, 0.6) is 0 Å². The van der Waals surface area contributed by atoms with Crippen molar-refractivity contribution in [2.24, 2.45) is 5.73 Å². The summed E-state index contributed by atoms with van der Waals surface area (Å²) in [5.41, 5.74) is 10.5.